The Bertz CT molecular complexity index is 499. The van der Waals surface area contributed by atoms with Crippen molar-refractivity contribution in [3.05, 3.63) is 58.6 Å². The number of hydrogen-bond acceptors (Lipinski definition) is 3. The molecular formula is C12H9BrN2O. The second-order valence-electron chi connectivity index (χ2n) is 3.32. The summed E-state index contributed by atoms with van der Waals surface area (Å²) >= 11 is 3.37. The molecule has 2 rings (SSSR count). The van der Waals surface area contributed by atoms with Gasteiger partial charge in [0.05, 0.1) is 6.20 Å². The van der Waals surface area contributed by atoms with Crippen LogP contribution in [0.4, 0.5) is 0 Å². The smallest absolute Gasteiger partial charge is 0.187 e. The molecule has 0 bridgehead atoms. The van der Waals surface area contributed by atoms with Gasteiger partial charge in [0.15, 0.2) is 5.78 Å². The van der Waals surface area contributed by atoms with E-state index in [9.17, 15) is 4.79 Å². The van der Waals surface area contributed by atoms with Crippen molar-refractivity contribution < 1.29 is 4.79 Å². The van der Waals surface area contributed by atoms with Crippen LogP contribution in [0.1, 0.15) is 16.1 Å². The fourth-order valence-corrected chi connectivity index (χ4v) is 1.81. The zero-order valence-corrected chi connectivity index (χ0v) is 10.0. The third kappa shape index (κ3) is 2.73. The van der Waals surface area contributed by atoms with Crippen LogP contribution in [0.15, 0.2) is 47.3 Å². The summed E-state index contributed by atoms with van der Waals surface area (Å²) in [5.41, 5.74) is 1.37. The molecule has 1 aromatic heterocycles. The highest BCUT2D eigenvalue weighted by Gasteiger charge is 2.08. The Balaban J connectivity index is 2.14. The van der Waals surface area contributed by atoms with Crippen molar-refractivity contribution in [3.63, 3.8) is 0 Å². The molecule has 0 amide bonds. The third-order valence-electron chi connectivity index (χ3n) is 2.10. The lowest BCUT2D eigenvalue weighted by atomic mass is 10.1. The molecular weight excluding hydrogens is 268 g/mol. The van der Waals surface area contributed by atoms with Gasteiger partial charge in [-0.1, -0.05) is 28.1 Å². The summed E-state index contributed by atoms with van der Waals surface area (Å²) in [6.45, 7) is 0. The number of benzene rings is 1. The van der Waals surface area contributed by atoms with Crippen molar-refractivity contribution in [3.8, 4) is 0 Å². The predicted molar refractivity (Wildman–Crippen MR) is 64.2 cm³/mol. The summed E-state index contributed by atoms with van der Waals surface area (Å²) in [5.74, 6) is -0.0220. The first-order valence-electron chi connectivity index (χ1n) is 4.79. The van der Waals surface area contributed by atoms with E-state index in [0.717, 1.165) is 10.0 Å². The maximum Gasteiger partial charge on any atom is 0.187 e. The lowest BCUT2D eigenvalue weighted by molar-refractivity contribution is 0.0988. The van der Waals surface area contributed by atoms with E-state index < -0.39 is 0 Å². The summed E-state index contributed by atoms with van der Waals surface area (Å²) in [6, 6.07) is 7.67. The lowest BCUT2D eigenvalue weighted by Crippen LogP contribution is -2.06. The minimum absolute atomic E-state index is 0.0220. The third-order valence-corrected chi connectivity index (χ3v) is 2.60. The van der Waals surface area contributed by atoms with Crippen LogP contribution < -0.4 is 0 Å². The van der Waals surface area contributed by atoms with Gasteiger partial charge in [-0.15, -0.1) is 0 Å². The SMILES string of the molecule is O=C(Cc1cccc(Br)c1)c1cnccn1. The molecule has 0 saturated carbocycles. The summed E-state index contributed by atoms with van der Waals surface area (Å²) in [5, 5.41) is 0. The number of hydrogen-bond donors (Lipinski definition) is 0. The standard InChI is InChI=1S/C12H9BrN2O/c13-10-3-1-2-9(6-10)7-12(16)11-8-14-4-5-15-11/h1-6,8H,7H2. The molecule has 0 saturated heterocycles. The molecule has 0 atom stereocenters. The number of ketones is 1. The molecule has 0 fully saturated rings. The van der Waals surface area contributed by atoms with Gasteiger partial charge in [-0.3, -0.25) is 9.78 Å². The molecule has 16 heavy (non-hydrogen) atoms. The van der Waals surface area contributed by atoms with Gasteiger partial charge < -0.3 is 0 Å². The molecule has 1 heterocycles. The van der Waals surface area contributed by atoms with E-state index in [1.807, 2.05) is 24.3 Å². The second-order valence-corrected chi connectivity index (χ2v) is 4.24. The Kier molecular flexibility index (Phi) is 3.41. The molecule has 0 spiro atoms. The Labute approximate surface area is 102 Å². The van der Waals surface area contributed by atoms with Crippen LogP contribution >= 0.6 is 15.9 Å². The van der Waals surface area contributed by atoms with Crippen molar-refractivity contribution in [2.75, 3.05) is 0 Å². The van der Waals surface area contributed by atoms with E-state index in [1.165, 1.54) is 12.4 Å². The molecule has 2 aromatic rings. The van der Waals surface area contributed by atoms with E-state index in [-0.39, 0.29) is 5.78 Å². The van der Waals surface area contributed by atoms with Crippen molar-refractivity contribution in [1.82, 2.24) is 9.97 Å². The molecule has 0 aliphatic carbocycles. The normalized spacial score (nSPS) is 10.1. The van der Waals surface area contributed by atoms with Gasteiger partial charge in [0.25, 0.3) is 0 Å². The molecule has 3 nitrogen and oxygen atoms in total. The van der Waals surface area contributed by atoms with E-state index >= 15 is 0 Å². The molecule has 0 radical (unpaired) electrons. The average Bonchev–Trinajstić information content (AvgIpc) is 2.30. The zero-order chi connectivity index (χ0) is 11.4. The van der Waals surface area contributed by atoms with Gasteiger partial charge in [0, 0.05) is 23.3 Å². The summed E-state index contributed by atoms with van der Waals surface area (Å²) in [6.07, 6.45) is 4.91. The summed E-state index contributed by atoms with van der Waals surface area (Å²) < 4.78 is 0.969. The van der Waals surface area contributed by atoms with Crippen LogP contribution in [0.5, 0.6) is 0 Å². The van der Waals surface area contributed by atoms with Crippen LogP contribution in [0, 0.1) is 0 Å². The Morgan fingerprint density at radius 1 is 1.31 bits per heavy atom. The summed E-state index contributed by atoms with van der Waals surface area (Å²) in [7, 11) is 0. The van der Waals surface area contributed by atoms with Crippen LogP contribution in [0.2, 0.25) is 0 Å². The maximum atomic E-state index is 11.8. The monoisotopic (exact) mass is 276 g/mol. The minimum Gasteiger partial charge on any atom is -0.292 e. The van der Waals surface area contributed by atoms with Gasteiger partial charge in [0.2, 0.25) is 0 Å². The molecule has 80 valence electrons. The molecule has 4 heteroatoms. The van der Waals surface area contributed by atoms with Crippen LogP contribution in [-0.4, -0.2) is 15.8 Å². The van der Waals surface area contributed by atoms with E-state index in [0.29, 0.717) is 12.1 Å². The lowest BCUT2D eigenvalue weighted by Gasteiger charge is -2.00. The van der Waals surface area contributed by atoms with E-state index in [2.05, 4.69) is 25.9 Å². The molecule has 1 aromatic carbocycles. The van der Waals surface area contributed by atoms with Crippen molar-refractivity contribution >= 4 is 21.7 Å². The highest BCUT2D eigenvalue weighted by molar-refractivity contribution is 9.10. The van der Waals surface area contributed by atoms with Crippen molar-refractivity contribution in [2.45, 2.75) is 6.42 Å². The number of Topliss-reactive ketones (excluding diaryl/α,β-unsaturated/α-hetero) is 1. The van der Waals surface area contributed by atoms with Gasteiger partial charge >= 0.3 is 0 Å². The maximum absolute atomic E-state index is 11.8. The predicted octanol–water partition coefficient (Wildman–Crippen LogP) is 2.66. The first-order valence-corrected chi connectivity index (χ1v) is 5.58. The van der Waals surface area contributed by atoms with E-state index in [4.69, 9.17) is 0 Å². The molecule has 0 N–H and O–H groups in total. The highest BCUT2D eigenvalue weighted by Crippen LogP contribution is 2.13. The average molecular weight is 277 g/mol. The zero-order valence-electron chi connectivity index (χ0n) is 8.43. The fraction of sp³-hybridized carbons (Fsp3) is 0.0833. The van der Waals surface area contributed by atoms with E-state index in [1.54, 1.807) is 6.20 Å². The first-order chi connectivity index (χ1) is 7.75. The molecule has 0 aliphatic rings. The Morgan fingerprint density at radius 2 is 2.19 bits per heavy atom. The topological polar surface area (TPSA) is 42.9 Å². The Morgan fingerprint density at radius 3 is 2.88 bits per heavy atom. The number of nitrogens with zero attached hydrogens (tertiary/aromatic N) is 2. The van der Waals surface area contributed by atoms with Gasteiger partial charge in [-0.2, -0.15) is 0 Å². The first kappa shape index (κ1) is 11.0. The number of aromatic nitrogens is 2. The second kappa shape index (κ2) is 4.99. The number of halogens is 1. The quantitative estimate of drug-likeness (QED) is 0.810. The molecule has 0 unspecified atom stereocenters. The van der Waals surface area contributed by atoms with Crippen molar-refractivity contribution in [2.24, 2.45) is 0 Å². The van der Waals surface area contributed by atoms with Gasteiger partial charge in [0.1, 0.15) is 5.69 Å². The molecule has 0 aliphatic heterocycles. The van der Waals surface area contributed by atoms with Gasteiger partial charge in [-0.05, 0) is 17.7 Å². The number of carbonyl (C=O) groups is 1. The van der Waals surface area contributed by atoms with Crippen LogP contribution in [-0.2, 0) is 6.42 Å². The van der Waals surface area contributed by atoms with Crippen LogP contribution in [0.3, 0.4) is 0 Å². The highest BCUT2D eigenvalue weighted by atomic mass is 79.9. The minimum atomic E-state index is -0.0220. The Hall–Kier alpha value is -1.55. The number of rotatable bonds is 3. The fourth-order valence-electron chi connectivity index (χ4n) is 1.37. The van der Waals surface area contributed by atoms with Crippen molar-refractivity contribution in [1.29, 1.82) is 0 Å². The summed E-state index contributed by atoms with van der Waals surface area (Å²) in [4.78, 5) is 19.7. The largest absolute Gasteiger partial charge is 0.292 e. The van der Waals surface area contributed by atoms with Gasteiger partial charge in [-0.25, -0.2) is 4.98 Å². The number of carbonyl (C=O) groups excluding carboxylic acids is 1. The van der Waals surface area contributed by atoms with Crippen LogP contribution in [0.25, 0.3) is 0 Å².